The maximum absolute atomic E-state index is 12.7. The van der Waals surface area contributed by atoms with Crippen LogP contribution in [0.25, 0.3) is 10.9 Å². The van der Waals surface area contributed by atoms with Crippen LogP contribution in [-0.4, -0.2) is 32.2 Å². The minimum Gasteiger partial charge on any atom is -0.493 e. The molecule has 6 nitrogen and oxygen atoms in total. The van der Waals surface area contributed by atoms with Gasteiger partial charge >= 0.3 is 0 Å². The average Bonchev–Trinajstić information content (AvgIpc) is 3.10. The lowest BCUT2D eigenvalue weighted by atomic mass is 10.1. The van der Waals surface area contributed by atoms with Gasteiger partial charge in [0.15, 0.2) is 11.5 Å². The lowest BCUT2D eigenvalue weighted by Crippen LogP contribution is -2.26. The molecular formula is C20H22N2O4. The monoisotopic (exact) mass is 354 g/mol. The van der Waals surface area contributed by atoms with Gasteiger partial charge in [0.1, 0.15) is 5.69 Å². The average molecular weight is 354 g/mol. The SMILES string of the molecule is COc1cc2[nH]c(C(=O)N[C@@H](C)c3ccccc3)cc2c(OC)c1OC. The van der Waals surface area contributed by atoms with Crippen molar-refractivity contribution in [2.24, 2.45) is 0 Å². The normalized spacial score (nSPS) is 11.8. The van der Waals surface area contributed by atoms with Gasteiger partial charge in [-0.3, -0.25) is 4.79 Å². The smallest absolute Gasteiger partial charge is 0.268 e. The van der Waals surface area contributed by atoms with Crippen molar-refractivity contribution in [3.05, 3.63) is 53.7 Å². The van der Waals surface area contributed by atoms with Crippen molar-refractivity contribution in [3.8, 4) is 17.2 Å². The number of fused-ring (bicyclic) bond motifs is 1. The summed E-state index contributed by atoms with van der Waals surface area (Å²) < 4.78 is 16.2. The number of hydrogen-bond donors (Lipinski definition) is 2. The summed E-state index contributed by atoms with van der Waals surface area (Å²) in [5.74, 6) is 1.35. The summed E-state index contributed by atoms with van der Waals surface area (Å²) in [6, 6.07) is 13.2. The Morgan fingerprint density at radius 3 is 2.31 bits per heavy atom. The first-order chi connectivity index (χ1) is 12.6. The molecule has 0 fully saturated rings. The number of carbonyl (C=O) groups is 1. The zero-order valence-corrected chi connectivity index (χ0v) is 15.3. The van der Waals surface area contributed by atoms with E-state index in [1.54, 1.807) is 33.5 Å². The fraction of sp³-hybridized carbons (Fsp3) is 0.250. The number of H-pyrrole nitrogens is 1. The van der Waals surface area contributed by atoms with E-state index in [1.165, 1.54) is 0 Å². The predicted molar refractivity (Wildman–Crippen MR) is 100 cm³/mol. The molecule has 2 aromatic carbocycles. The summed E-state index contributed by atoms with van der Waals surface area (Å²) >= 11 is 0. The van der Waals surface area contributed by atoms with Crippen molar-refractivity contribution in [2.75, 3.05) is 21.3 Å². The second kappa shape index (κ2) is 7.39. The van der Waals surface area contributed by atoms with Gasteiger partial charge in [-0.1, -0.05) is 30.3 Å². The van der Waals surface area contributed by atoms with Crippen molar-refractivity contribution in [3.63, 3.8) is 0 Å². The van der Waals surface area contributed by atoms with Gasteiger partial charge in [0.25, 0.3) is 5.91 Å². The first kappa shape index (κ1) is 17.7. The summed E-state index contributed by atoms with van der Waals surface area (Å²) in [6.07, 6.45) is 0. The molecule has 0 unspecified atom stereocenters. The second-order valence-electron chi connectivity index (χ2n) is 5.90. The highest BCUT2D eigenvalue weighted by Crippen LogP contribution is 2.43. The Hall–Kier alpha value is -3.15. The summed E-state index contributed by atoms with van der Waals surface area (Å²) in [6.45, 7) is 1.95. The minimum atomic E-state index is -0.197. The molecule has 3 aromatic rings. The molecule has 0 spiro atoms. The Morgan fingerprint density at radius 2 is 1.69 bits per heavy atom. The Morgan fingerprint density at radius 1 is 1.00 bits per heavy atom. The highest BCUT2D eigenvalue weighted by Gasteiger charge is 2.20. The van der Waals surface area contributed by atoms with Gasteiger partial charge in [-0.2, -0.15) is 0 Å². The lowest BCUT2D eigenvalue weighted by molar-refractivity contribution is 0.0935. The van der Waals surface area contributed by atoms with Crippen LogP contribution in [0.5, 0.6) is 17.2 Å². The van der Waals surface area contributed by atoms with Crippen LogP contribution in [-0.2, 0) is 0 Å². The maximum Gasteiger partial charge on any atom is 0.268 e. The molecule has 0 aliphatic heterocycles. The van der Waals surface area contributed by atoms with Crippen molar-refractivity contribution >= 4 is 16.8 Å². The number of ether oxygens (including phenoxy) is 3. The molecule has 0 bridgehead atoms. The Balaban J connectivity index is 1.94. The van der Waals surface area contributed by atoms with Crippen LogP contribution < -0.4 is 19.5 Å². The number of rotatable bonds is 6. The summed E-state index contributed by atoms with van der Waals surface area (Å²) in [5.41, 5.74) is 2.21. The molecule has 26 heavy (non-hydrogen) atoms. The van der Waals surface area contributed by atoms with Crippen LogP contribution in [0.4, 0.5) is 0 Å². The van der Waals surface area contributed by atoms with Crippen LogP contribution in [0, 0.1) is 0 Å². The van der Waals surface area contributed by atoms with Crippen molar-refractivity contribution in [2.45, 2.75) is 13.0 Å². The molecule has 1 aromatic heterocycles. The van der Waals surface area contributed by atoms with E-state index in [0.29, 0.717) is 22.9 Å². The van der Waals surface area contributed by atoms with Crippen molar-refractivity contribution < 1.29 is 19.0 Å². The van der Waals surface area contributed by atoms with Crippen LogP contribution in [0.15, 0.2) is 42.5 Å². The van der Waals surface area contributed by atoms with Crippen LogP contribution >= 0.6 is 0 Å². The molecule has 136 valence electrons. The standard InChI is InChI=1S/C20H22N2O4/c1-12(13-8-6-5-7-9-13)21-20(23)16-10-14-15(22-16)11-17(24-2)19(26-4)18(14)25-3/h5-12,22H,1-4H3,(H,21,23)/t12-/m0/s1. The van der Waals surface area contributed by atoms with Crippen molar-refractivity contribution in [1.82, 2.24) is 10.3 Å². The second-order valence-corrected chi connectivity index (χ2v) is 5.90. The van der Waals surface area contributed by atoms with E-state index < -0.39 is 0 Å². The number of hydrogen-bond acceptors (Lipinski definition) is 4. The van der Waals surface area contributed by atoms with E-state index in [4.69, 9.17) is 14.2 Å². The van der Waals surface area contributed by atoms with Gasteiger partial charge in [-0.25, -0.2) is 0 Å². The number of methoxy groups -OCH3 is 3. The quantitative estimate of drug-likeness (QED) is 0.708. The molecule has 0 radical (unpaired) electrons. The summed E-state index contributed by atoms with van der Waals surface area (Å²) in [4.78, 5) is 15.8. The fourth-order valence-corrected chi connectivity index (χ4v) is 2.97. The first-order valence-electron chi connectivity index (χ1n) is 8.26. The third-order valence-corrected chi connectivity index (χ3v) is 4.32. The van der Waals surface area contributed by atoms with E-state index >= 15 is 0 Å². The third-order valence-electron chi connectivity index (χ3n) is 4.32. The largest absolute Gasteiger partial charge is 0.493 e. The summed E-state index contributed by atoms with van der Waals surface area (Å²) in [7, 11) is 4.66. The zero-order chi connectivity index (χ0) is 18.7. The highest BCUT2D eigenvalue weighted by atomic mass is 16.5. The van der Waals surface area contributed by atoms with Crippen molar-refractivity contribution in [1.29, 1.82) is 0 Å². The van der Waals surface area contributed by atoms with Gasteiger partial charge in [-0.15, -0.1) is 0 Å². The minimum absolute atomic E-state index is 0.110. The maximum atomic E-state index is 12.7. The molecule has 1 amide bonds. The van der Waals surface area contributed by atoms with E-state index in [2.05, 4.69) is 10.3 Å². The molecule has 6 heteroatoms. The van der Waals surface area contributed by atoms with E-state index in [1.807, 2.05) is 37.3 Å². The lowest BCUT2D eigenvalue weighted by Gasteiger charge is -2.13. The number of benzene rings is 2. The predicted octanol–water partition coefficient (Wildman–Crippen LogP) is 3.68. The topological polar surface area (TPSA) is 72.6 Å². The van der Waals surface area contributed by atoms with E-state index in [-0.39, 0.29) is 11.9 Å². The molecule has 3 rings (SSSR count). The number of aromatic amines is 1. The van der Waals surface area contributed by atoms with Gasteiger partial charge in [0.05, 0.1) is 32.9 Å². The molecule has 2 N–H and O–H groups in total. The van der Waals surface area contributed by atoms with Crippen LogP contribution in [0.1, 0.15) is 29.0 Å². The molecule has 1 atom stereocenters. The Kier molecular flexibility index (Phi) is 5.02. The molecule has 0 aliphatic rings. The van der Waals surface area contributed by atoms with Gasteiger partial charge in [0, 0.05) is 11.5 Å². The Bertz CT molecular complexity index is 918. The number of carbonyl (C=O) groups excluding carboxylic acids is 1. The van der Waals surface area contributed by atoms with Gasteiger partial charge < -0.3 is 24.5 Å². The van der Waals surface area contributed by atoms with Crippen LogP contribution in [0.3, 0.4) is 0 Å². The van der Waals surface area contributed by atoms with Gasteiger partial charge in [0.2, 0.25) is 5.75 Å². The molecule has 0 aliphatic carbocycles. The molecule has 0 saturated heterocycles. The number of aromatic nitrogens is 1. The third kappa shape index (κ3) is 3.18. The van der Waals surface area contributed by atoms with Crippen LogP contribution in [0.2, 0.25) is 0 Å². The number of nitrogens with one attached hydrogen (secondary N) is 2. The highest BCUT2D eigenvalue weighted by molar-refractivity contribution is 6.01. The Labute approximate surface area is 152 Å². The molecule has 1 heterocycles. The van der Waals surface area contributed by atoms with Gasteiger partial charge in [-0.05, 0) is 18.6 Å². The zero-order valence-electron chi connectivity index (χ0n) is 15.3. The number of amides is 1. The first-order valence-corrected chi connectivity index (χ1v) is 8.26. The summed E-state index contributed by atoms with van der Waals surface area (Å²) in [5, 5.41) is 3.75. The molecule has 0 saturated carbocycles. The van der Waals surface area contributed by atoms with E-state index in [0.717, 1.165) is 16.5 Å². The van der Waals surface area contributed by atoms with E-state index in [9.17, 15) is 4.79 Å². The fourth-order valence-electron chi connectivity index (χ4n) is 2.97. The molecular weight excluding hydrogens is 332 g/mol.